The fourth-order valence-electron chi connectivity index (χ4n) is 4.96. The second-order valence-electron chi connectivity index (χ2n) is 8.64. The summed E-state index contributed by atoms with van der Waals surface area (Å²) in [7, 11) is 0. The summed E-state index contributed by atoms with van der Waals surface area (Å²) in [5.74, 6) is -3.91. The molecule has 0 radical (unpaired) electrons. The van der Waals surface area contributed by atoms with E-state index in [4.69, 9.17) is 4.74 Å². The summed E-state index contributed by atoms with van der Waals surface area (Å²) in [4.78, 5) is 40.5. The number of carboxylic acid groups (broad SMARTS) is 1. The maximum atomic E-state index is 13.5. The van der Waals surface area contributed by atoms with Crippen molar-refractivity contribution >= 4 is 17.8 Å². The fraction of sp³-hybridized carbons (Fsp3) is 0.400. The number of benzene rings is 2. The molecule has 0 aliphatic carbocycles. The van der Waals surface area contributed by atoms with Crippen molar-refractivity contribution in [3.63, 3.8) is 0 Å². The predicted octanol–water partition coefficient (Wildman–Crippen LogP) is 2.13. The molecule has 2 fully saturated rings. The molecule has 8 nitrogen and oxygen atoms in total. The first-order valence-corrected chi connectivity index (χ1v) is 11.1. The first-order valence-electron chi connectivity index (χ1n) is 11.1. The molecule has 5 unspecified atom stereocenters. The van der Waals surface area contributed by atoms with Crippen molar-refractivity contribution < 1.29 is 29.3 Å². The molecule has 2 saturated heterocycles. The molecule has 2 aromatic rings. The van der Waals surface area contributed by atoms with E-state index in [2.05, 4.69) is 5.32 Å². The summed E-state index contributed by atoms with van der Waals surface area (Å²) in [6.07, 6.45) is -0.549. The third kappa shape index (κ3) is 3.79. The van der Waals surface area contributed by atoms with E-state index in [1.54, 1.807) is 36.4 Å². The van der Waals surface area contributed by atoms with E-state index in [9.17, 15) is 24.6 Å². The SMILES string of the molecule is CCCOc1ccc(C2NC(C(=O)O)(C(C)O)C3C(=O)N(Cc4ccccc4)C(=O)C23)cc1. The quantitative estimate of drug-likeness (QED) is 0.526. The summed E-state index contributed by atoms with van der Waals surface area (Å²) >= 11 is 0. The number of nitrogens with one attached hydrogen (secondary N) is 1. The Morgan fingerprint density at radius 3 is 2.36 bits per heavy atom. The van der Waals surface area contributed by atoms with Gasteiger partial charge in [-0.15, -0.1) is 0 Å². The van der Waals surface area contributed by atoms with E-state index in [0.717, 1.165) is 16.9 Å². The number of carbonyl (C=O) groups excluding carboxylic acids is 2. The number of amides is 2. The molecule has 33 heavy (non-hydrogen) atoms. The van der Waals surface area contributed by atoms with Crippen molar-refractivity contribution in [1.29, 1.82) is 0 Å². The Hall–Kier alpha value is -3.23. The highest BCUT2D eigenvalue weighted by atomic mass is 16.5. The van der Waals surface area contributed by atoms with Crippen LogP contribution in [0.5, 0.6) is 5.75 Å². The van der Waals surface area contributed by atoms with E-state index in [1.165, 1.54) is 6.92 Å². The number of fused-ring (bicyclic) bond motifs is 1. The van der Waals surface area contributed by atoms with Crippen LogP contribution in [0.2, 0.25) is 0 Å². The van der Waals surface area contributed by atoms with E-state index >= 15 is 0 Å². The molecule has 2 aliphatic rings. The molecule has 0 bridgehead atoms. The van der Waals surface area contributed by atoms with Crippen LogP contribution < -0.4 is 10.1 Å². The molecule has 2 aromatic carbocycles. The number of hydrogen-bond donors (Lipinski definition) is 3. The maximum absolute atomic E-state index is 13.5. The number of carboxylic acids is 1. The second-order valence-corrected chi connectivity index (χ2v) is 8.64. The van der Waals surface area contributed by atoms with Gasteiger partial charge in [0.2, 0.25) is 11.8 Å². The summed E-state index contributed by atoms with van der Waals surface area (Å²) in [5.41, 5.74) is -0.565. The Morgan fingerprint density at radius 1 is 1.12 bits per heavy atom. The Balaban J connectivity index is 1.73. The smallest absolute Gasteiger partial charge is 0.327 e. The van der Waals surface area contributed by atoms with Gasteiger partial charge in [-0.1, -0.05) is 49.4 Å². The van der Waals surface area contributed by atoms with Gasteiger partial charge in [0.1, 0.15) is 5.75 Å². The number of aliphatic carboxylic acids is 1. The van der Waals surface area contributed by atoms with Crippen LogP contribution in [0, 0.1) is 11.8 Å². The van der Waals surface area contributed by atoms with Crippen molar-refractivity contribution in [1.82, 2.24) is 10.2 Å². The van der Waals surface area contributed by atoms with Gasteiger partial charge in [-0.25, -0.2) is 0 Å². The molecule has 5 atom stereocenters. The van der Waals surface area contributed by atoms with Crippen molar-refractivity contribution in [2.45, 2.75) is 44.5 Å². The zero-order chi connectivity index (χ0) is 23.8. The zero-order valence-electron chi connectivity index (χ0n) is 18.6. The number of ether oxygens (including phenoxy) is 1. The highest BCUT2D eigenvalue weighted by Gasteiger charge is 2.70. The summed E-state index contributed by atoms with van der Waals surface area (Å²) in [5, 5.41) is 23.7. The van der Waals surface area contributed by atoms with Crippen LogP contribution in [0.1, 0.15) is 37.4 Å². The maximum Gasteiger partial charge on any atom is 0.327 e. The molecule has 3 N–H and O–H groups in total. The lowest BCUT2D eigenvalue weighted by Gasteiger charge is -2.33. The van der Waals surface area contributed by atoms with Gasteiger partial charge in [0.15, 0.2) is 5.54 Å². The molecular formula is C25H28N2O6. The number of nitrogens with zero attached hydrogens (tertiary/aromatic N) is 1. The highest BCUT2D eigenvalue weighted by molar-refractivity contribution is 6.09. The molecule has 2 amide bonds. The van der Waals surface area contributed by atoms with Crippen LogP contribution in [-0.4, -0.2) is 51.1 Å². The van der Waals surface area contributed by atoms with E-state index < -0.39 is 47.3 Å². The number of imide groups is 1. The molecule has 2 aliphatic heterocycles. The highest BCUT2D eigenvalue weighted by Crippen LogP contribution is 2.50. The van der Waals surface area contributed by atoms with Crippen LogP contribution in [-0.2, 0) is 20.9 Å². The average molecular weight is 453 g/mol. The molecular weight excluding hydrogens is 424 g/mol. The topological polar surface area (TPSA) is 116 Å². The minimum Gasteiger partial charge on any atom is -0.494 e. The Labute approximate surface area is 192 Å². The third-order valence-electron chi connectivity index (χ3n) is 6.59. The lowest BCUT2D eigenvalue weighted by molar-refractivity contribution is -0.157. The summed E-state index contributed by atoms with van der Waals surface area (Å²) in [6.45, 7) is 3.96. The van der Waals surface area contributed by atoms with Crippen molar-refractivity contribution in [3.05, 3.63) is 65.7 Å². The number of likely N-dealkylation sites (tertiary alicyclic amines) is 1. The Morgan fingerprint density at radius 2 is 1.79 bits per heavy atom. The van der Waals surface area contributed by atoms with Crippen LogP contribution >= 0.6 is 0 Å². The van der Waals surface area contributed by atoms with Gasteiger partial charge in [-0.2, -0.15) is 0 Å². The third-order valence-corrected chi connectivity index (χ3v) is 6.59. The van der Waals surface area contributed by atoms with Gasteiger partial charge in [-0.05, 0) is 36.6 Å². The largest absolute Gasteiger partial charge is 0.494 e. The Bertz CT molecular complexity index is 1040. The van der Waals surface area contributed by atoms with Gasteiger partial charge in [0, 0.05) is 6.04 Å². The number of rotatable bonds is 8. The summed E-state index contributed by atoms with van der Waals surface area (Å²) in [6, 6.07) is 15.4. The molecule has 2 heterocycles. The summed E-state index contributed by atoms with van der Waals surface area (Å²) < 4.78 is 5.61. The molecule has 4 rings (SSSR count). The molecule has 174 valence electrons. The first-order chi connectivity index (χ1) is 15.8. The van der Waals surface area contributed by atoms with Crippen molar-refractivity contribution in [2.24, 2.45) is 11.8 Å². The standard InChI is InChI=1S/C25H28N2O6/c1-3-13-33-18-11-9-17(10-12-18)21-19-20(25(26-21,15(2)28)24(31)32)23(30)27(22(19)29)14-16-7-5-4-6-8-16/h4-12,15,19-21,26,28H,3,13-14H2,1-2H3,(H,31,32). The van der Waals surface area contributed by atoms with Crippen molar-refractivity contribution in [3.8, 4) is 5.75 Å². The van der Waals surface area contributed by atoms with Crippen LogP contribution in [0.4, 0.5) is 0 Å². The predicted molar refractivity (Wildman–Crippen MR) is 119 cm³/mol. The van der Waals surface area contributed by atoms with Gasteiger partial charge >= 0.3 is 5.97 Å². The number of aliphatic hydroxyl groups is 1. The molecule has 0 aromatic heterocycles. The minimum atomic E-state index is -1.98. The van der Waals surface area contributed by atoms with Crippen LogP contribution in [0.15, 0.2) is 54.6 Å². The first kappa shape index (κ1) is 22.9. The lowest BCUT2D eigenvalue weighted by Crippen LogP contribution is -2.62. The molecule has 8 heteroatoms. The minimum absolute atomic E-state index is 0.0531. The number of carbonyl (C=O) groups is 3. The second kappa shape index (κ2) is 8.96. The Kier molecular flexibility index (Phi) is 6.23. The zero-order valence-corrected chi connectivity index (χ0v) is 18.6. The van der Waals surface area contributed by atoms with E-state index in [1.807, 2.05) is 25.1 Å². The van der Waals surface area contributed by atoms with E-state index in [-0.39, 0.29) is 6.54 Å². The van der Waals surface area contributed by atoms with Gasteiger partial charge < -0.3 is 14.9 Å². The van der Waals surface area contributed by atoms with Crippen LogP contribution in [0.25, 0.3) is 0 Å². The fourth-order valence-corrected chi connectivity index (χ4v) is 4.96. The van der Waals surface area contributed by atoms with Gasteiger partial charge in [0.25, 0.3) is 0 Å². The molecule has 0 saturated carbocycles. The van der Waals surface area contributed by atoms with Gasteiger partial charge in [-0.3, -0.25) is 24.6 Å². The number of hydrogen-bond acceptors (Lipinski definition) is 6. The molecule has 0 spiro atoms. The normalized spacial score (nSPS) is 27.5. The van der Waals surface area contributed by atoms with Crippen molar-refractivity contribution in [2.75, 3.05) is 6.61 Å². The van der Waals surface area contributed by atoms with Gasteiger partial charge in [0.05, 0.1) is 31.1 Å². The monoisotopic (exact) mass is 452 g/mol. The van der Waals surface area contributed by atoms with E-state index in [0.29, 0.717) is 17.9 Å². The van der Waals surface area contributed by atoms with Crippen LogP contribution in [0.3, 0.4) is 0 Å². The lowest BCUT2D eigenvalue weighted by atomic mass is 9.76. The number of aliphatic hydroxyl groups excluding tert-OH is 1. The average Bonchev–Trinajstić information content (AvgIpc) is 3.29.